The molecule has 2 heterocycles. The number of urea groups is 1. The van der Waals surface area contributed by atoms with Crippen molar-refractivity contribution in [1.82, 2.24) is 21.4 Å². The first-order valence-corrected chi connectivity index (χ1v) is 8.84. The number of hydrogen-bond acceptors (Lipinski definition) is 6. The largest absolute Gasteiger partial charge is 0.489 e. The second kappa shape index (κ2) is 7.47. The van der Waals surface area contributed by atoms with Crippen molar-refractivity contribution < 1.29 is 14.3 Å². The molecular weight excluding hydrogens is 360 g/mol. The number of benzene rings is 2. The number of hydrazine groups is 2. The smallest absolute Gasteiger partial charge is 0.357 e. The number of fused-ring (bicyclic) bond motifs is 1. The van der Waals surface area contributed by atoms with E-state index in [2.05, 4.69) is 21.4 Å². The molecule has 0 spiro atoms. The van der Waals surface area contributed by atoms with Gasteiger partial charge in [-0.25, -0.2) is 4.79 Å². The molecule has 0 unspecified atom stereocenters. The summed E-state index contributed by atoms with van der Waals surface area (Å²) in [5.41, 5.74) is 7.21. The number of nitrogens with one attached hydrogen (secondary N) is 3. The Morgan fingerprint density at radius 1 is 1.21 bits per heavy atom. The quantitative estimate of drug-likeness (QED) is 0.738. The summed E-state index contributed by atoms with van der Waals surface area (Å²) >= 11 is 0. The second-order valence-electron chi connectivity index (χ2n) is 6.45. The summed E-state index contributed by atoms with van der Waals surface area (Å²) in [6.45, 7) is 0.0392. The van der Waals surface area contributed by atoms with Crippen molar-refractivity contribution in [2.45, 2.75) is 12.5 Å². The number of carbonyl (C=O) groups is 2. The Balaban J connectivity index is 1.36. The number of anilines is 1. The minimum absolute atomic E-state index is 0.0392. The number of likely N-dealkylation sites (N-methyl/N-ethyl adjacent to an activating group) is 1. The molecule has 28 heavy (non-hydrogen) atoms. The Hall–Kier alpha value is -3.75. The van der Waals surface area contributed by atoms with Crippen molar-refractivity contribution >= 4 is 23.5 Å². The molecule has 9 nitrogen and oxygen atoms in total. The van der Waals surface area contributed by atoms with E-state index in [1.807, 2.05) is 42.5 Å². The summed E-state index contributed by atoms with van der Waals surface area (Å²) in [5, 5.41) is 7.88. The van der Waals surface area contributed by atoms with Crippen molar-refractivity contribution in [2.24, 2.45) is 5.10 Å². The Morgan fingerprint density at radius 3 is 2.79 bits per heavy atom. The number of amidine groups is 1. The van der Waals surface area contributed by atoms with Gasteiger partial charge in [0.05, 0.1) is 5.69 Å². The fraction of sp³-hybridized carbons (Fsp3) is 0.211. The molecule has 0 saturated carbocycles. The molecule has 3 amide bonds. The van der Waals surface area contributed by atoms with E-state index >= 15 is 0 Å². The zero-order valence-electron chi connectivity index (χ0n) is 15.3. The third kappa shape index (κ3) is 3.54. The molecule has 2 aromatic rings. The van der Waals surface area contributed by atoms with Gasteiger partial charge < -0.3 is 15.0 Å². The van der Waals surface area contributed by atoms with Crippen LogP contribution in [-0.2, 0) is 11.2 Å². The van der Waals surface area contributed by atoms with Gasteiger partial charge in [0, 0.05) is 13.5 Å². The predicted molar refractivity (Wildman–Crippen MR) is 103 cm³/mol. The lowest BCUT2D eigenvalue weighted by molar-refractivity contribution is -0.120. The van der Waals surface area contributed by atoms with Crippen LogP contribution in [0.4, 0.5) is 10.5 Å². The average molecular weight is 380 g/mol. The lowest BCUT2D eigenvalue weighted by atomic mass is 10.1. The highest BCUT2D eigenvalue weighted by Gasteiger charge is 2.32. The molecule has 0 bridgehead atoms. The molecule has 0 aromatic heterocycles. The number of para-hydroxylation sites is 2. The first-order chi connectivity index (χ1) is 13.6. The summed E-state index contributed by atoms with van der Waals surface area (Å²) < 4.78 is 5.70. The molecule has 0 fully saturated rings. The Labute approximate surface area is 161 Å². The summed E-state index contributed by atoms with van der Waals surface area (Å²) in [7, 11) is 1.66. The van der Waals surface area contributed by atoms with Crippen molar-refractivity contribution in [3.8, 4) is 5.75 Å². The van der Waals surface area contributed by atoms with Crippen molar-refractivity contribution in [2.75, 3.05) is 18.6 Å². The van der Waals surface area contributed by atoms with Crippen molar-refractivity contribution in [3.05, 3.63) is 60.2 Å². The van der Waals surface area contributed by atoms with E-state index in [4.69, 9.17) is 4.74 Å². The summed E-state index contributed by atoms with van der Waals surface area (Å²) in [6.07, 6.45) is 0.543. The molecule has 4 rings (SSSR count). The van der Waals surface area contributed by atoms with Gasteiger partial charge in [-0.15, -0.1) is 10.2 Å². The van der Waals surface area contributed by atoms with Crippen molar-refractivity contribution in [3.63, 3.8) is 0 Å². The number of amides is 3. The monoisotopic (exact) mass is 380 g/mol. The van der Waals surface area contributed by atoms with Gasteiger partial charge in [0.1, 0.15) is 24.2 Å². The summed E-state index contributed by atoms with van der Waals surface area (Å²) in [5.74, 6) is 0.929. The SMILES string of the molecule is CN1C(=O)[C@@H](NC(=O)N2NN=C(Cc3ccccc3)N2)COc2ccccc21. The molecule has 2 aliphatic heterocycles. The maximum Gasteiger partial charge on any atom is 0.357 e. The van der Waals surface area contributed by atoms with Gasteiger partial charge in [-0.05, 0) is 17.7 Å². The molecule has 0 radical (unpaired) electrons. The van der Waals surface area contributed by atoms with Gasteiger partial charge >= 0.3 is 6.03 Å². The third-order valence-electron chi connectivity index (χ3n) is 4.50. The van der Waals surface area contributed by atoms with Crippen LogP contribution in [0.25, 0.3) is 0 Å². The highest BCUT2D eigenvalue weighted by atomic mass is 16.5. The molecule has 2 aromatic carbocycles. The van der Waals surface area contributed by atoms with E-state index in [0.717, 1.165) is 10.7 Å². The molecule has 144 valence electrons. The van der Waals surface area contributed by atoms with Crippen LogP contribution in [-0.4, -0.2) is 42.6 Å². The lowest BCUT2D eigenvalue weighted by Gasteiger charge is -2.23. The van der Waals surface area contributed by atoms with E-state index in [9.17, 15) is 9.59 Å². The zero-order valence-corrected chi connectivity index (χ0v) is 15.3. The normalized spacial score (nSPS) is 18.2. The predicted octanol–water partition coefficient (Wildman–Crippen LogP) is 1.00. The van der Waals surface area contributed by atoms with Crippen LogP contribution in [0.2, 0.25) is 0 Å². The van der Waals surface area contributed by atoms with Crippen LogP contribution in [0.15, 0.2) is 59.7 Å². The van der Waals surface area contributed by atoms with Crippen LogP contribution in [0.3, 0.4) is 0 Å². The Morgan fingerprint density at radius 2 is 1.96 bits per heavy atom. The molecule has 2 aliphatic rings. The second-order valence-corrected chi connectivity index (χ2v) is 6.45. The van der Waals surface area contributed by atoms with E-state index in [1.165, 1.54) is 4.90 Å². The fourth-order valence-electron chi connectivity index (χ4n) is 3.02. The van der Waals surface area contributed by atoms with E-state index < -0.39 is 12.1 Å². The van der Waals surface area contributed by atoms with Crippen LogP contribution in [0, 0.1) is 0 Å². The van der Waals surface area contributed by atoms with Crippen LogP contribution >= 0.6 is 0 Å². The highest BCUT2D eigenvalue weighted by Crippen LogP contribution is 2.29. The maximum atomic E-state index is 12.7. The van der Waals surface area contributed by atoms with Crippen LogP contribution in [0.5, 0.6) is 5.75 Å². The topological polar surface area (TPSA) is 98.3 Å². The molecule has 1 atom stereocenters. The summed E-state index contributed by atoms with van der Waals surface area (Å²) in [4.78, 5) is 26.7. The van der Waals surface area contributed by atoms with E-state index in [1.54, 1.807) is 19.2 Å². The fourth-order valence-corrected chi connectivity index (χ4v) is 3.02. The number of nitrogens with zero attached hydrogens (tertiary/aromatic N) is 3. The molecule has 3 N–H and O–H groups in total. The lowest BCUT2D eigenvalue weighted by Crippen LogP contribution is -2.57. The van der Waals surface area contributed by atoms with Gasteiger partial charge in [-0.3, -0.25) is 10.2 Å². The van der Waals surface area contributed by atoms with Gasteiger partial charge in [0.15, 0.2) is 0 Å². The van der Waals surface area contributed by atoms with Crippen LogP contribution < -0.4 is 25.9 Å². The Bertz CT molecular complexity index is 917. The standard InChI is InChI=1S/C19H20N6O3/c1-24-15-9-5-6-10-16(15)28-12-14(18(24)26)20-19(27)25-22-17(21-23-25)11-13-7-3-2-4-8-13/h2-10,14,23H,11-12H2,1H3,(H,20,27)(H,21,22)/t14-/m0/s1. The van der Waals surface area contributed by atoms with Gasteiger partial charge in [0.25, 0.3) is 5.91 Å². The van der Waals surface area contributed by atoms with E-state index in [-0.39, 0.29) is 12.5 Å². The number of rotatable bonds is 3. The number of hydrogen-bond donors (Lipinski definition) is 3. The van der Waals surface area contributed by atoms with Crippen LogP contribution in [0.1, 0.15) is 5.56 Å². The zero-order chi connectivity index (χ0) is 19.5. The maximum absolute atomic E-state index is 12.7. The molecule has 0 saturated heterocycles. The number of ether oxygens (including phenoxy) is 1. The van der Waals surface area contributed by atoms with Crippen molar-refractivity contribution in [1.29, 1.82) is 0 Å². The summed E-state index contributed by atoms with van der Waals surface area (Å²) in [6, 6.07) is 15.6. The van der Waals surface area contributed by atoms with Gasteiger partial charge in [-0.1, -0.05) is 42.5 Å². The average Bonchev–Trinajstić information content (AvgIpc) is 3.15. The minimum Gasteiger partial charge on any atom is -0.489 e. The highest BCUT2D eigenvalue weighted by molar-refractivity contribution is 6.00. The molecule has 9 heteroatoms. The first-order valence-electron chi connectivity index (χ1n) is 8.84. The molecular formula is C19H20N6O3. The van der Waals surface area contributed by atoms with Gasteiger partial charge in [-0.2, -0.15) is 5.53 Å². The Kier molecular flexibility index (Phi) is 4.71. The number of carbonyl (C=O) groups excluding carboxylic acids is 2. The third-order valence-corrected chi connectivity index (χ3v) is 4.50. The van der Waals surface area contributed by atoms with Gasteiger partial charge in [0.2, 0.25) is 0 Å². The molecule has 0 aliphatic carbocycles. The first kappa shape index (κ1) is 17.7. The minimum atomic E-state index is -0.827. The number of hydrazone groups is 1. The van der Waals surface area contributed by atoms with E-state index in [0.29, 0.717) is 23.7 Å².